The lowest BCUT2D eigenvalue weighted by atomic mass is 10.1. The van der Waals surface area contributed by atoms with E-state index in [1.54, 1.807) is 25.3 Å². The van der Waals surface area contributed by atoms with Gasteiger partial charge >= 0.3 is 0 Å². The summed E-state index contributed by atoms with van der Waals surface area (Å²) in [6, 6.07) is 4.89. The predicted octanol–water partition coefficient (Wildman–Crippen LogP) is 2.90. The average molecular weight is 234 g/mol. The second-order valence-electron chi connectivity index (χ2n) is 3.86. The highest BCUT2D eigenvalue weighted by Crippen LogP contribution is 2.22. The molecule has 0 saturated heterocycles. The Morgan fingerprint density at radius 2 is 2.24 bits per heavy atom. The molecule has 90 valence electrons. The van der Waals surface area contributed by atoms with Crippen LogP contribution >= 0.6 is 0 Å². The normalized spacial score (nSPS) is 10.8. The molecule has 1 N–H and O–H groups in total. The standard InChI is InChI=1S/C13H15FN2O/c1-3-15-8-13-16-7-12(17-13)10-4-5-11(14)9(2)6-10/h4-7,15H,3,8H2,1-2H3. The fourth-order valence-corrected chi connectivity index (χ4v) is 1.56. The highest BCUT2D eigenvalue weighted by Gasteiger charge is 2.07. The Balaban J connectivity index is 2.21. The molecule has 0 radical (unpaired) electrons. The zero-order valence-corrected chi connectivity index (χ0v) is 9.96. The number of nitrogens with zero attached hydrogens (tertiary/aromatic N) is 1. The van der Waals surface area contributed by atoms with Gasteiger partial charge in [-0.15, -0.1) is 0 Å². The van der Waals surface area contributed by atoms with E-state index in [9.17, 15) is 4.39 Å². The summed E-state index contributed by atoms with van der Waals surface area (Å²) >= 11 is 0. The number of nitrogens with one attached hydrogen (secondary N) is 1. The molecule has 0 atom stereocenters. The Kier molecular flexibility index (Phi) is 3.54. The summed E-state index contributed by atoms with van der Waals surface area (Å²) in [4.78, 5) is 4.16. The van der Waals surface area contributed by atoms with E-state index in [4.69, 9.17) is 4.42 Å². The zero-order valence-electron chi connectivity index (χ0n) is 9.96. The van der Waals surface area contributed by atoms with Crippen LogP contribution in [0.1, 0.15) is 18.4 Å². The Bertz CT molecular complexity index is 508. The fraction of sp³-hybridized carbons (Fsp3) is 0.308. The molecule has 0 fully saturated rings. The van der Waals surface area contributed by atoms with Crippen LogP contribution in [0.4, 0.5) is 4.39 Å². The van der Waals surface area contributed by atoms with Gasteiger partial charge in [-0.1, -0.05) is 6.92 Å². The van der Waals surface area contributed by atoms with Crippen LogP contribution in [0.25, 0.3) is 11.3 Å². The molecule has 3 nitrogen and oxygen atoms in total. The molecule has 0 amide bonds. The lowest BCUT2D eigenvalue weighted by Gasteiger charge is -2.00. The van der Waals surface area contributed by atoms with Gasteiger partial charge in [-0.05, 0) is 37.2 Å². The van der Waals surface area contributed by atoms with E-state index in [1.807, 2.05) is 6.92 Å². The van der Waals surface area contributed by atoms with Crippen LogP contribution in [0, 0.1) is 12.7 Å². The van der Waals surface area contributed by atoms with Gasteiger partial charge in [0.1, 0.15) is 5.82 Å². The minimum absolute atomic E-state index is 0.207. The first-order chi connectivity index (χ1) is 8.20. The molecule has 1 aromatic heterocycles. The number of benzene rings is 1. The maximum atomic E-state index is 13.1. The summed E-state index contributed by atoms with van der Waals surface area (Å²) < 4.78 is 18.7. The van der Waals surface area contributed by atoms with Gasteiger partial charge in [0.2, 0.25) is 5.89 Å². The second kappa shape index (κ2) is 5.10. The van der Waals surface area contributed by atoms with E-state index in [0.717, 1.165) is 12.1 Å². The first kappa shape index (κ1) is 11.8. The van der Waals surface area contributed by atoms with Crippen LogP contribution < -0.4 is 5.32 Å². The van der Waals surface area contributed by atoms with E-state index >= 15 is 0 Å². The van der Waals surface area contributed by atoms with Gasteiger partial charge in [0.15, 0.2) is 5.76 Å². The molecule has 0 unspecified atom stereocenters. The predicted molar refractivity (Wildman–Crippen MR) is 64.0 cm³/mol. The summed E-state index contributed by atoms with van der Waals surface area (Å²) in [6.07, 6.45) is 1.67. The summed E-state index contributed by atoms with van der Waals surface area (Å²) in [7, 11) is 0. The van der Waals surface area contributed by atoms with Crippen molar-refractivity contribution in [3.05, 3.63) is 41.7 Å². The Hall–Kier alpha value is -1.68. The molecule has 0 spiro atoms. The van der Waals surface area contributed by atoms with Crippen molar-refractivity contribution >= 4 is 0 Å². The van der Waals surface area contributed by atoms with Crippen molar-refractivity contribution < 1.29 is 8.81 Å². The van der Waals surface area contributed by atoms with Crippen LogP contribution in [0.3, 0.4) is 0 Å². The number of oxazole rings is 1. The van der Waals surface area contributed by atoms with Gasteiger partial charge in [0, 0.05) is 5.56 Å². The first-order valence-corrected chi connectivity index (χ1v) is 5.62. The summed E-state index contributed by atoms with van der Waals surface area (Å²) in [5.41, 5.74) is 1.45. The number of hydrogen-bond acceptors (Lipinski definition) is 3. The third-order valence-corrected chi connectivity index (χ3v) is 2.52. The molecule has 0 aliphatic rings. The van der Waals surface area contributed by atoms with Gasteiger partial charge in [0.25, 0.3) is 0 Å². The number of aryl methyl sites for hydroxylation is 1. The van der Waals surface area contributed by atoms with Crippen molar-refractivity contribution in [3.8, 4) is 11.3 Å². The SMILES string of the molecule is CCNCc1ncc(-c2ccc(F)c(C)c2)o1. The third-order valence-electron chi connectivity index (χ3n) is 2.52. The van der Waals surface area contributed by atoms with E-state index in [1.165, 1.54) is 6.07 Å². The molecular formula is C13H15FN2O. The Labute approximate surface area is 99.7 Å². The lowest BCUT2D eigenvalue weighted by Crippen LogP contribution is -2.11. The maximum Gasteiger partial charge on any atom is 0.208 e. The molecule has 4 heteroatoms. The van der Waals surface area contributed by atoms with Crippen molar-refractivity contribution in [1.29, 1.82) is 0 Å². The van der Waals surface area contributed by atoms with Crippen molar-refractivity contribution in [2.45, 2.75) is 20.4 Å². The van der Waals surface area contributed by atoms with Gasteiger partial charge in [-0.3, -0.25) is 0 Å². The monoisotopic (exact) mass is 234 g/mol. The number of aromatic nitrogens is 1. The third kappa shape index (κ3) is 2.71. The largest absolute Gasteiger partial charge is 0.439 e. The molecule has 0 saturated carbocycles. The Morgan fingerprint density at radius 1 is 1.41 bits per heavy atom. The number of halogens is 1. The molecule has 1 heterocycles. The lowest BCUT2D eigenvalue weighted by molar-refractivity contribution is 0.482. The molecule has 1 aromatic carbocycles. The Morgan fingerprint density at radius 3 is 2.94 bits per heavy atom. The van der Waals surface area contributed by atoms with Gasteiger partial charge < -0.3 is 9.73 Å². The quantitative estimate of drug-likeness (QED) is 0.884. The van der Waals surface area contributed by atoms with Gasteiger partial charge in [-0.25, -0.2) is 9.37 Å². The molecule has 2 aromatic rings. The summed E-state index contributed by atoms with van der Waals surface area (Å²) in [5.74, 6) is 1.10. The van der Waals surface area contributed by atoms with E-state index in [0.29, 0.717) is 23.8 Å². The highest BCUT2D eigenvalue weighted by atomic mass is 19.1. The van der Waals surface area contributed by atoms with E-state index in [-0.39, 0.29) is 5.82 Å². The maximum absolute atomic E-state index is 13.1. The van der Waals surface area contributed by atoms with E-state index < -0.39 is 0 Å². The van der Waals surface area contributed by atoms with Crippen LogP contribution in [-0.2, 0) is 6.54 Å². The van der Waals surface area contributed by atoms with Crippen molar-refractivity contribution in [3.63, 3.8) is 0 Å². The molecule has 0 bridgehead atoms. The van der Waals surface area contributed by atoms with Crippen molar-refractivity contribution in [1.82, 2.24) is 10.3 Å². The second-order valence-corrected chi connectivity index (χ2v) is 3.86. The molecule has 17 heavy (non-hydrogen) atoms. The molecular weight excluding hydrogens is 219 g/mol. The van der Waals surface area contributed by atoms with Crippen molar-refractivity contribution in [2.75, 3.05) is 6.54 Å². The zero-order chi connectivity index (χ0) is 12.3. The minimum atomic E-state index is -0.207. The van der Waals surface area contributed by atoms with E-state index in [2.05, 4.69) is 10.3 Å². The highest BCUT2D eigenvalue weighted by molar-refractivity contribution is 5.57. The van der Waals surface area contributed by atoms with Gasteiger partial charge in [0.05, 0.1) is 12.7 Å². The molecule has 0 aliphatic carbocycles. The van der Waals surface area contributed by atoms with Crippen molar-refractivity contribution in [2.24, 2.45) is 0 Å². The fourth-order valence-electron chi connectivity index (χ4n) is 1.56. The molecule has 0 aliphatic heterocycles. The smallest absolute Gasteiger partial charge is 0.208 e. The average Bonchev–Trinajstić information content (AvgIpc) is 2.79. The number of rotatable bonds is 4. The number of hydrogen-bond donors (Lipinski definition) is 1. The first-order valence-electron chi connectivity index (χ1n) is 5.62. The van der Waals surface area contributed by atoms with Crippen LogP contribution in [-0.4, -0.2) is 11.5 Å². The summed E-state index contributed by atoms with van der Waals surface area (Å²) in [6.45, 7) is 5.23. The van der Waals surface area contributed by atoms with Crippen LogP contribution in [0.15, 0.2) is 28.8 Å². The van der Waals surface area contributed by atoms with Crippen LogP contribution in [0.5, 0.6) is 0 Å². The topological polar surface area (TPSA) is 38.1 Å². The van der Waals surface area contributed by atoms with Crippen LogP contribution in [0.2, 0.25) is 0 Å². The van der Waals surface area contributed by atoms with Gasteiger partial charge in [-0.2, -0.15) is 0 Å². The summed E-state index contributed by atoms with van der Waals surface area (Å²) in [5, 5.41) is 3.13. The molecule has 2 rings (SSSR count). The minimum Gasteiger partial charge on any atom is -0.439 e.